The Balaban J connectivity index is 2.45. The molecule has 0 amide bonds. The second kappa shape index (κ2) is 7.04. The molecule has 0 aromatic heterocycles. The molecule has 0 spiro atoms. The SMILES string of the molecule is CCC[I-]SOC. The van der Waals surface area contributed by atoms with E-state index in [1.165, 1.54) is 10.8 Å². The van der Waals surface area contributed by atoms with E-state index in [4.69, 9.17) is 4.18 Å². The first-order valence-corrected chi connectivity index (χ1v) is 7.01. The van der Waals surface area contributed by atoms with Crippen LogP contribution in [0.5, 0.6) is 0 Å². The molecule has 0 atom stereocenters. The molecule has 0 saturated heterocycles. The summed E-state index contributed by atoms with van der Waals surface area (Å²) >= 11 is 0.319. The third-order valence-corrected chi connectivity index (χ3v) is 4.98. The molecule has 1 nitrogen and oxygen atoms in total. The fourth-order valence-corrected chi connectivity index (χ4v) is 3.08. The van der Waals surface area contributed by atoms with E-state index in [9.17, 15) is 0 Å². The van der Waals surface area contributed by atoms with Crippen molar-refractivity contribution in [3.63, 3.8) is 0 Å². The van der Waals surface area contributed by atoms with Gasteiger partial charge in [-0.2, -0.15) is 0 Å². The molecule has 0 saturated carbocycles. The van der Waals surface area contributed by atoms with E-state index in [0.717, 1.165) is 0 Å². The molecule has 0 rings (SSSR count). The number of rotatable bonds is 4. The second-order valence-electron chi connectivity index (χ2n) is 1.03. The second-order valence-corrected chi connectivity index (χ2v) is 5.73. The van der Waals surface area contributed by atoms with Gasteiger partial charge in [-0.3, -0.25) is 0 Å². The Labute approximate surface area is 58.1 Å². The van der Waals surface area contributed by atoms with Gasteiger partial charge in [0, 0.05) is 0 Å². The van der Waals surface area contributed by atoms with E-state index in [1.807, 2.05) is 0 Å². The van der Waals surface area contributed by atoms with E-state index in [2.05, 4.69) is 6.92 Å². The molecule has 0 aromatic carbocycles. The summed E-state index contributed by atoms with van der Waals surface area (Å²) < 4.78 is 6.18. The molecular formula is C4H10IOS-. The van der Waals surface area contributed by atoms with Gasteiger partial charge >= 0.3 is 58.1 Å². The van der Waals surface area contributed by atoms with E-state index in [0.29, 0.717) is 19.8 Å². The van der Waals surface area contributed by atoms with Crippen molar-refractivity contribution < 1.29 is 24.0 Å². The summed E-state index contributed by atoms with van der Waals surface area (Å²) in [4.78, 5) is 0. The molecule has 0 radical (unpaired) electrons. The predicted octanol–water partition coefficient (Wildman–Crippen LogP) is -1.30. The summed E-state index contributed by atoms with van der Waals surface area (Å²) in [5.41, 5.74) is 0. The van der Waals surface area contributed by atoms with Crippen molar-refractivity contribution in [2.24, 2.45) is 0 Å². The quantitative estimate of drug-likeness (QED) is 0.258. The number of halogens is 1. The van der Waals surface area contributed by atoms with Crippen LogP contribution in [0.1, 0.15) is 13.3 Å². The topological polar surface area (TPSA) is 9.23 Å². The molecule has 0 N–H and O–H groups in total. The molecule has 0 unspecified atom stereocenters. The van der Waals surface area contributed by atoms with Crippen LogP contribution in [-0.4, -0.2) is 11.5 Å². The summed E-state index contributed by atoms with van der Waals surface area (Å²) in [6.07, 6.45) is 1.31. The van der Waals surface area contributed by atoms with Crippen LogP contribution >= 0.6 is 9.21 Å². The maximum absolute atomic E-state index is 4.81. The van der Waals surface area contributed by atoms with Crippen molar-refractivity contribution in [2.75, 3.05) is 11.5 Å². The average Bonchev–Trinajstić information content (AvgIpc) is 1.69. The zero-order valence-corrected chi connectivity index (χ0v) is 7.58. The minimum absolute atomic E-state index is 0.319. The number of hydrogen-bond acceptors (Lipinski definition) is 2. The fraction of sp³-hybridized carbons (Fsp3) is 1.00. The van der Waals surface area contributed by atoms with Crippen LogP contribution < -0.4 is 19.8 Å². The van der Waals surface area contributed by atoms with Gasteiger partial charge in [-0.25, -0.2) is 0 Å². The molecule has 3 heteroatoms. The van der Waals surface area contributed by atoms with Crippen LogP contribution in [0.3, 0.4) is 0 Å². The van der Waals surface area contributed by atoms with Gasteiger partial charge in [0.05, 0.1) is 0 Å². The average molecular weight is 233 g/mol. The number of alkyl halides is 1. The van der Waals surface area contributed by atoms with Crippen molar-refractivity contribution >= 4 is 9.21 Å². The summed E-state index contributed by atoms with van der Waals surface area (Å²) in [6, 6.07) is 0. The zero-order valence-electron chi connectivity index (χ0n) is 4.61. The first kappa shape index (κ1) is 8.04. The Morgan fingerprint density at radius 3 is 2.86 bits per heavy atom. The van der Waals surface area contributed by atoms with Crippen molar-refractivity contribution in [2.45, 2.75) is 13.3 Å². The molecule has 0 aromatic rings. The van der Waals surface area contributed by atoms with Crippen molar-refractivity contribution in [3.05, 3.63) is 0 Å². The molecule has 0 fully saturated rings. The van der Waals surface area contributed by atoms with Crippen LogP contribution in [0.2, 0.25) is 0 Å². The summed E-state index contributed by atoms with van der Waals surface area (Å²) in [5, 5.41) is 0. The van der Waals surface area contributed by atoms with Gasteiger partial charge < -0.3 is 0 Å². The molecule has 46 valence electrons. The van der Waals surface area contributed by atoms with Crippen LogP contribution in [0, 0.1) is 0 Å². The fourth-order valence-electron chi connectivity index (χ4n) is 0.153. The van der Waals surface area contributed by atoms with E-state index < -0.39 is 0 Å². The first-order chi connectivity index (χ1) is 3.41. The van der Waals surface area contributed by atoms with Crippen LogP contribution in [-0.2, 0) is 4.18 Å². The van der Waals surface area contributed by atoms with Gasteiger partial charge in [-0.1, -0.05) is 0 Å². The summed E-state index contributed by atoms with van der Waals surface area (Å²) in [6.45, 7) is 2.20. The first-order valence-electron chi connectivity index (χ1n) is 2.20. The maximum atomic E-state index is 4.81. The van der Waals surface area contributed by atoms with Crippen LogP contribution in [0.15, 0.2) is 0 Å². The summed E-state index contributed by atoms with van der Waals surface area (Å²) in [7, 11) is 3.38. The van der Waals surface area contributed by atoms with Gasteiger partial charge in [-0.05, 0) is 0 Å². The van der Waals surface area contributed by atoms with Crippen molar-refractivity contribution in [3.8, 4) is 0 Å². The summed E-state index contributed by atoms with van der Waals surface area (Å²) in [5.74, 6) is 0. The van der Waals surface area contributed by atoms with Crippen molar-refractivity contribution in [1.29, 1.82) is 0 Å². The van der Waals surface area contributed by atoms with Gasteiger partial charge in [0.2, 0.25) is 0 Å². The molecule has 0 aliphatic carbocycles. The van der Waals surface area contributed by atoms with E-state index in [1.54, 1.807) is 16.3 Å². The normalized spacial score (nSPS) is 10.0. The minimum atomic E-state index is 0.319. The Kier molecular flexibility index (Phi) is 8.09. The Bertz CT molecular complexity index is 30.9. The van der Waals surface area contributed by atoms with Gasteiger partial charge in [0.25, 0.3) is 0 Å². The van der Waals surface area contributed by atoms with Crippen LogP contribution in [0.4, 0.5) is 0 Å². The van der Waals surface area contributed by atoms with Crippen molar-refractivity contribution in [1.82, 2.24) is 0 Å². The Hall–Kier alpha value is 1.04. The molecule has 0 bridgehead atoms. The standard InChI is InChI=1S/C4H10IOS/c1-3-4-5-7-6-2/h3-4H2,1-2H3/q-1. The molecular weight excluding hydrogens is 223 g/mol. The number of hydrogen-bond donors (Lipinski definition) is 0. The van der Waals surface area contributed by atoms with Gasteiger partial charge in [0.15, 0.2) is 0 Å². The van der Waals surface area contributed by atoms with Gasteiger partial charge in [-0.15, -0.1) is 0 Å². The molecule has 0 aliphatic heterocycles. The Morgan fingerprint density at radius 1 is 1.71 bits per heavy atom. The van der Waals surface area contributed by atoms with E-state index in [-0.39, 0.29) is 0 Å². The Morgan fingerprint density at radius 2 is 2.43 bits per heavy atom. The third-order valence-electron chi connectivity index (χ3n) is 0.374. The molecule has 0 heterocycles. The molecule has 0 aliphatic rings. The van der Waals surface area contributed by atoms with Crippen LogP contribution in [0.25, 0.3) is 0 Å². The monoisotopic (exact) mass is 233 g/mol. The zero-order chi connectivity index (χ0) is 5.54. The van der Waals surface area contributed by atoms with Gasteiger partial charge in [0.1, 0.15) is 0 Å². The molecule has 7 heavy (non-hydrogen) atoms. The predicted molar refractivity (Wildman–Crippen MR) is 29.8 cm³/mol. The van der Waals surface area contributed by atoms with E-state index >= 15 is 0 Å². The third kappa shape index (κ3) is 7.04.